The second kappa shape index (κ2) is 8.35. The van der Waals surface area contributed by atoms with E-state index in [1.807, 2.05) is 0 Å². The van der Waals surface area contributed by atoms with Crippen LogP contribution in [0.1, 0.15) is 15.2 Å². The molecular weight excluding hydrogens is 473 g/mol. The first-order chi connectivity index (χ1) is 13.2. The smallest absolute Gasteiger partial charge is 0.257 e. The Labute approximate surface area is 172 Å². The van der Waals surface area contributed by atoms with Gasteiger partial charge in [-0.1, -0.05) is 0 Å². The molecule has 0 aliphatic rings. The number of nitrogens with one attached hydrogen (secondary N) is 1. The number of sulfonamides is 1. The van der Waals surface area contributed by atoms with Crippen LogP contribution in [0.15, 0.2) is 57.3 Å². The Hall–Kier alpha value is -2.34. The molecule has 3 N–H and O–H groups in total. The highest BCUT2D eigenvalue weighted by Gasteiger charge is 2.17. The average molecular weight is 486 g/mol. The lowest BCUT2D eigenvalue weighted by Crippen LogP contribution is -2.23. The third-order valence-electron chi connectivity index (χ3n) is 3.46. The van der Waals surface area contributed by atoms with E-state index >= 15 is 0 Å². The molecule has 0 aliphatic carbocycles. The maximum Gasteiger partial charge on any atom is 0.257 e. The molecule has 146 valence electrons. The summed E-state index contributed by atoms with van der Waals surface area (Å²) >= 11 is 4.17. The molecule has 0 saturated carbocycles. The van der Waals surface area contributed by atoms with Gasteiger partial charge in [0.1, 0.15) is 21.3 Å². The van der Waals surface area contributed by atoms with Gasteiger partial charge in [0.2, 0.25) is 15.9 Å². The number of rotatable bonds is 6. The number of hydrogen-bond donors (Lipinski definition) is 2. The van der Waals surface area contributed by atoms with Gasteiger partial charge in [-0.25, -0.2) is 22.9 Å². The molecule has 0 saturated heterocycles. The molecule has 11 heteroatoms. The van der Waals surface area contributed by atoms with Gasteiger partial charge in [0.05, 0.1) is 11.0 Å². The average Bonchev–Trinajstić information content (AvgIpc) is 3.12. The monoisotopic (exact) mass is 485 g/mol. The summed E-state index contributed by atoms with van der Waals surface area (Å²) in [5.74, 6) is -0.561. The van der Waals surface area contributed by atoms with Crippen molar-refractivity contribution in [1.82, 2.24) is 10.3 Å². The quantitative estimate of drug-likeness (QED) is 0.555. The third-order valence-corrected chi connectivity index (χ3v) is 6.60. The van der Waals surface area contributed by atoms with E-state index in [2.05, 4.69) is 26.2 Å². The lowest BCUT2D eigenvalue weighted by atomic mass is 10.2. The standard InChI is InChI=1S/C17H13BrFN3O4S2/c18-13-8-10(19)3-5-14(13)26-17-12(2-1-7-21-17)16(23)22-9-11-4-6-15(27-11)28(20,24)25/h1-8H,9H2,(H,22,23)(H2,20,24,25). The number of benzene rings is 1. The SMILES string of the molecule is NS(=O)(=O)c1ccc(CNC(=O)c2cccnc2Oc2ccc(F)cc2Br)s1. The first-order valence-corrected chi connectivity index (χ1v) is 10.9. The number of ether oxygens (including phenoxy) is 1. The molecule has 0 spiro atoms. The van der Waals surface area contributed by atoms with Crippen LogP contribution in [0.2, 0.25) is 0 Å². The molecule has 0 bridgehead atoms. The van der Waals surface area contributed by atoms with Crippen LogP contribution in [-0.2, 0) is 16.6 Å². The molecule has 1 amide bonds. The van der Waals surface area contributed by atoms with E-state index in [1.54, 1.807) is 12.1 Å². The van der Waals surface area contributed by atoms with Gasteiger partial charge in [0.25, 0.3) is 5.91 Å². The minimum Gasteiger partial charge on any atom is -0.437 e. The normalized spacial score (nSPS) is 11.2. The predicted molar refractivity (Wildman–Crippen MR) is 105 cm³/mol. The number of aromatic nitrogens is 1. The van der Waals surface area contributed by atoms with Crippen LogP contribution in [0.25, 0.3) is 0 Å². The number of carbonyl (C=O) groups is 1. The van der Waals surface area contributed by atoms with Gasteiger partial charge in [0.15, 0.2) is 0 Å². The molecule has 2 heterocycles. The maximum atomic E-state index is 13.2. The van der Waals surface area contributed by atoms with Gasteiger partial charge in [-0.2, -0.15) is 0 Å². The van der Waals surface area contributed by atoms with Gasteiger partial charge in [0, 0.05) is 11.1 Å². The van der Waals surface area contributed by atoms with Crippen molar-refractivity contribution in [3.05, 3.63) is 69.4 Å². The Morgan fingerprint density at radius 2 is 2.07 bits per heavy atom. The van der Waals surface area contributed by atoms with Crippen LogP contribution in [0.5, 0.6) is 11.6 Å². The van der Waals surface area contributed by atoms with E-state index in [4.69, 9.17) is 9.88 Å². The molecule has 0 aliphatic heterocycles. The number of halogens is 2. The van der Waals surface area contributed by atoms with Gasteiger partial charge in [-0.3, -0.25) is 4.79 Å². The van der Waals surface area contributed by atoms with Crippen molar-refractivity contribution < 1.29 is 22.3 Å². The number of pyridine rings is 1. The first kappa shape index (κ1) is 20.4. The molecule has 0 radical (unpaired) electrons. The molecule has 3 aromatic rings. The van der Waals surface area contributed by atoms with E-state index in [9.17, 15) is 17.6 Å². The number of nitrogens with two attached hydrogens (primary N) is 1. The van der Waals surface area contributed by atoms with E-state index < -0.39 is 21.7 Å². The molecule has 7 nitrogen and oxygen atoms in total. The maximum absolute atomic E-state index is 13.2. The Morgan fingerprint density at radius 1 is 1.29 bits per heavy atom. The van der Waals surface area contributed by atoms with Crippen LogP contribution >= 0.6 is 27.3 Å². The summed E-state index contributed by atoms with van der Waals surface area (Å²) in [6.45, 7) is 0.105. The zero-order valence-electron chi connectivity index (χ0n) is 14.1. The molecule has 1 aromatic carbocycles. The fraction of sp³-hybridized carbons (Fsp3) is 0.0588. The number of thiophene rings is 1. The second-order valence-electron chi connectivity index (χ2n) is 5.48. The highest BCUT2D eigenvalue weighted by molar-refractivity contribution is 9.10. The van der Waals surface area contributed by atoms with Crippen molar-refractivity contribution in [1.29, 1.82) is 0 Å². The minimum absolute atomic E-state index is 0.0170. The molecule has 0 atom stereocenters. The number of amides is 1. The van der Waals surface area contributed by atoms with E-state index in [0.29, 0.717) is 15.1 Å². The highest BCUT2D eigenvalue weighted by atomic mass is 79.9. The van der Waals surface area contributed by atoms with Crippen molar-refractivity contribution >= 4 is 43.2 Å². The molecular formula is C17H13BrFN3O4S2. The van der Waals surface area contributed by atoms with Crippen LogP contribution in [-0.4, -0.2) is 19.3 Å². The van der Waals surface area contributed by atoms with Crippen molar-refractivity contribution in [3.8, 4) is 11.6 Å². The lowest BCUT2D eigenvalue weighted by molar-refractivity contribution is 0.0948. The van der Waals surface area contributed by atoms with Crippen molar-refractivity contribution in [2.45, 2.75) is 10.8 Å². The van der Waals surface area contributed by atoms with Gasteiger partial charge >= 0.3 is 0 Å². The first-order valence-electron chi connectivity index (χ1n) is 7.71. The third kappa shape index (κ3) is 4.93. The Balaban J connectivity index is 1.74. The van der Waals surface area contributed by atoms with Crippen LogP contribution < -0.4 is 15.2 Å². The zero-order chi connectivity index (χ0) is 20.3. The summed E-state index contributed by atoms with van der Waals surface area (Å²) in [6, 6.07) is 9.93. The molecule has 28 heavy (non-hydrogen) atoms. The molecule has 0 unspecified atom stereocenters. The zero-order valence-corrected chi connectivity index (χ0v) is 17.3. The van der Waals surface area contributed by atoms with E-state index in [0.717, 1.165) is 11.3 Å². The van der Waals surface area contributed by atoms with Gasteiger partial charge < -0.3 is 10.1 Å². The van der Waals surface area contributed by atoms with Crippen molar-refractivity contribution in [2.24, 2.45) is 5.14 Å². The number of nitrogens with zero attached hydrogens (tertiary/aromatic N) is 1. The Bertz CT molecular complexity index is 1130. The van der Waals surface area contributed by atoms with Crippen molar-refractivity contribution in [3.63, 3.8) is 0 Å². The Morgan fingerprint density at radius 3 is 2.75 bits per heavy atom. The summed E-state index contributed by atoms with van der Waals surface area (Å²) in [4.78, 5) is 17.2. The lowest BCUT2D eigenvalue weighted by Gasteiger charge is -2.11. The number of primary sulfonamides is 1. The van der Waals surface area contributed by atoms with Crippen LogP contribution in [0, 0.1) is 5.82 Å². The van der Waals surface area contributed by atoms with Gasteiger partial charge in [-0.15, -0.1) is 11.3 Å². The molecule has 0 fully saturated rings. The molecule has 2 aromatic heterocycles. The van der Waals surface area contributed by atoms with Gasteiger partial charge in [-0.05, 0) is 58.4 Å². The highest BCUT2D eigenvalue weighted by Crippen LogP contribution is 2.30. The van der Waals surface area contributed by atoms with Crippen LogP contribution in [0.4, 0.5) is 4.39 Å². The topological polar surface area (TPSA) is 111 Å². The van der Waals surface area contributed by atoms with Crippen molar-refractivity contribution in [2.75, 3.05) is 0 Å². The Kier molecular flexibility index (Phi) is 6.08. The number of hydrogen-bond acceptors (Lipinski definition) is 6. The summed E-state index contributed by atoms with van der Waals surface area (Å²) in [7, 11) is -3.78. The summed E-state index contributed by atoms with van der Waals surface area (Å²) in [5.41, 5.74) is 0.168. The van der Waals surface area contributed by atoms with E-state index in [1.165, 1.54) is 36.5 Å². The fourth-order valence-corrected chi connectivity index (χ4v) is 4.33. The van der Waals surface area contributed by atoms with Crippen LogP contribution in [0.3, 0.4) is 0 Å². The summed E-state index contributed by atoms with van der Waals surface area (Å²) < 4.78 is 41.9. The predicted octanol–water partition coefficient (Wildman–Crippen LogP) is 3.41. The number of carbonyl (C=O) groups excluding carboxylic acids is 1. The summed E-state index contributed by atoms with van der Waals surface area (Å²) in [5, 5.41) is 7.75. The molecule has 3 rings (SSSR count). The largest absolute Gasteiger partial charge is 0.437 e. The summed E-state index contributed by atoms with van der Waals surface area (Å²) in [6.07, 6.45) is 1.46. The fourth-order valence-electron chi connectivity index (χ4n) is 2.18. The second-order valence-corrected chi connectivity index (χ2v) is 9.29. The van der Waals surface area contributed by atoms with E-state index in [-0.39, 0.29) is 22.2 Å². The minimum atomic E-state index is -3.78.